The highest BCUT2D eigenvalue weighted by molar-refractivity contribution is 5.90. The molecule has 0 saturated heterocycles. The van der Waals surface area contributed by atoms with Crippen LogP contribution in [0.15, 0.2) is 91.1 Å². The van der Waals surface area contributed by atoms with E-state index in [9.17, 15) is 4.79 Å². The molecular formula is C22H20N2O. The Morgan fingerprint density at radius 2 is 1.60 bits per heavy atom. The van der Waals surface area contributed by atoms with E-state index in [-0.39, 0.29) is 5.91 Å². The summed E-state index contributed by atoms with van der Waals surface area (Å²) in [5, 5.41) is 2.24. The number of allylic oxidation sites excluding steroid dienone is 1. The number of hydrazine groups is 1. The summed E-state index contributed by atoms with van der Waals surface area (Å²) in [4.78, 5) is 12.2. The van der Waals surface area contributed by atoms with Crippen LogP contribution in [0.3, 0.4) is 0 Å². The maximum absolute atomic E-state index is 12.2. The molecule has 0 bridgehead atoms. The molecule has 0 aliphatic carbocycles. The molecule has 0 unspecified atom stereocenters. The molecule has 0 radical (unpaired) electrons. The Balaban J connectivity index is 1.56. The Bertz CT molecular complexity index is 908. The maximum atomic E-state index is 12.2. The fourth-order valence-electron chi connectivity index (χ4n) is 2.62. The number of carbonyl (C=O) groups is 1. The van der Waals surface area contributed by atoms with Gasteiger partial charge in [-0.15, -0.1) is 0 Å². The molecule has 0 fully saturated rings. The van der Waals surface area contributed by atoms with E-state index >= 15 is 0 Å². The Labute approximate surface area is 147 Å². The van der Waals surface area contributed by atoms with Gasteiger partial charge >= 0.3 is 0 Å². The minimum atomic E-state index is -0.106. The van der Waals surface area contributed by atoms with Crippen LogP contribution in [-0.4, -0.2) is 5.91 Å². The summed E-state index contributed by atoms with van der Waals surface area (Å²) in [7, 11) is 0. The zero-order valence-corrected chi connectivity index (χ0v) is 13.9. The average Bonchev–Trinajstić information content (AvgIpc) is 2.66. The molecule has 0 saturated carbocycles. The van der Waals surface area contributed by atoms with Gasteiger partial charge in [-0.05, 0) is 28.0 Å². The second-order valence-electron chi connectivity index (χ2n) is 5.76. The van der Waals surface area contributed by atoms with Gasteiger partial charge in [0, 0.05) is 5.70 Å². The molecule has 2 N–H and O–H groups in total. The molecule has 0 atom stereocenters. The van der Waals surface area contributed by atoms with E-state index in [1.807, 2.05) is 84.9 Å². The van der Waals surface area contributed by atoms with Crippen molar-refractivity contribution in [3.63, 3.8) is 0 Å². The quantitative estimate of drug-likeness (QED) is 0.525. The second kappa shape index (κ2) is 7.97. The molecule has 124 valence electrons. The van der Waals surface area contributed by atoms with Gasteiger partial charge in [-0.3, -0.25) is 15.6 Å². The number of benzene rings is 3. The summed E-state index contributed by atoms with van der Waals surface area (Å²) in [6.07, 6.45) is 4.07. The Hall–Kier alpha value is -3.33. The molecule has 1 amide bonds. The van der Waals surface area contributed by atoms with Gasteiger partial charge in [0.2, 0.25) is 5.91 Å². The van der Waals surface area contributed by atoms with Gasteiger partial charge in [0.05, 0.1) is 6.42 Å². The summed E-state index contributed by atoms with van der Waals surface area (Å²) in [6, 6.07) is 24.0. The van der Waals surface area contributed by atoms with Crippen molar-refractivity contribution in [2.24, 2.45) is 0 Å². The number of hydrogen-bond donors (Lipinski definition) is 2. The third-order valence-corrected chi connectivity index (χ3v) is 3.87. The zero-order valence-electron chi connectivity index (χ0n) is 13.9. The van der Waals surface area contributed by atoms with E-state index in [0.29, 0.717) is 12.1 Å². The topological polar surface area (TPSA) is 41.1 Å². The van der Waals surface area contributed by atoms with Gasteiger partial charge < -0.3 is 0 Å². The lowest BCUT2D eigenvalue weighted by molar-refractivity contribution is -0.121. The molecule has 3 heteroatoms. The highest BCUT2D eigenvalue weighted by Crippen LogP contribution is 2.18. The Morgan fingerprint density at radius 3 is 2.44 bits per heavy atom. The molecule has 3 rings (SSSR count). The molecule has 0 aliphatic heterocycles. The van der Waals surface area contributed by atoms with Crippen LogP contribution in [0.4, 0.5) is 0 Å². The number of hydrogen-bond acceptors (Lipinski definition) is 2. The third kappa shape index (κ3) is 4.58. The lowest BCUT2D eigenvalue weighted by atomic mass is 10.0. The highest BCUT2D eigenvalue weighted by atomic mass is 16.2. The van der Waals surface area contributed by atoms with Crippen molar-refractivity contribution in [1.82, 2.24) is 10.9 Å². The van der Waals surface area contributed by atoms with Gasteiger partial charge in [0.25, 0.3) is 0 Å². The summed E-state index contributed by atoms with van der Waals surface area (Å²) < 4.78 is 0. The molecular weight excluding hydrogens is 308 g/mol. The molecule has 0 spiro atoms. The number of nitrogens with one attached hydrogen (secondary N) is 2. The predicted octanol–water partition coefficient (Wildman–Crippen LogP) is 4.23. The van der Waals surface area contributed by atoms with Crippen LogP contribution in [0.25, 0.3) is 16.8 Å². The number of amides is 1. The summed E-state index contributed by atoms with van der Waals surface area (Å²) in [5.74, 6) is -0.106. The fraction of sp³-hybridized carbons (Fsp3) is 0.0455. The van der Waals surface area contributed by atoms with Crippen molar-refractivity contribution < 1.29 is 4.79 Å². The van der Waals surface area contributed by atoms with Crippen LogP contribution in [0.5, 0.6) is 0 Å². The van der Waals surface area contributed by atoms with Crippen LogP contribution < -0.4 is 10.9 Å². The molecule has 3 aromatic rings. The first kappa shape index (κ1) is 16.5. The maximum Gasteiger partial charge on any atom is 0.242 e. The van der Waals surface area contributed by atoms with Crippen molar-refractivity contribution in [2.75, 3.05) is 0 Å². The van der Waals surface area contributed by atoms with E-state index in [1.165, 1.54) is 0 Å². The minimum absolute atomic E-state index is 0.106. The van der Waals surface area contributed by atoms with Crippen molar-refractivity contribution in [3.8, 4) is 0 Å². The fourth-order valence-corrected chi connectivity index (χ4v) is 2.62. The van der Waals surface area contributed by atoms with E-state index in [2.05, 4.69) is 17.4 Å². The average molecular weight is 328 g/mol. The summed E-state index contributed by atoms with van der Waals surface area (Å²) in [6.45, 7) is 3.89. The molecule has 0 aromatic heterocycles. The van der Waals surface area contributed by atoms with Gasteiger partial charge in [-0.1, -0.05) is 85.5 Å². The monoisotopic (exact) mass is 328 g/mol. The van der Waals surface area contributed by atoms with Gasteiger partial charge in [0.1, 0.15) is 0 Å². The van der Waals surface area contributed by atoms with Gasteiger partial charge in [0.15, 0.2) is 0 Å². The van der Waals surface area contributed by atoms with E-state index < -0.39 is 0 Å². The Morgan fingerprint density at radius 1 is 0.880 bits per heavy atom. The summed E-state index contributed by atoms with van der Waals surface area (Å²) in [5.41, 5.74) is 8.23. The number of fused-ring (bicyclic) bond motifs is 1. The molecule has 0 heterocycles. The Kier molecular flexibility index (Phi) is 5.27. The number of carbonyl (C=O) groups excluding carboxylic acids is 1. The van der Waals surface area contributed by atoms with Crippen LogP contribution in [0.2, 0.25) is 0 Å². The largest absolute Gasteiger partial charge is 0.299 e. The molecule has 3 nitrogen and oxygen atoms in total. The molecule has 0 aliphatic rings. The SMILES string of the molecule is C=C(C=Cc1ccccc1)NNC(=O)Cc1cccc2ccccc12. The normalized spacial score (nSPS) is 10.7. The van der Waals surface area contributed by atoms with Crippen molar-refractivity contribution in [1.29, 1.82) is 0 Å². The summed E-state index contributed by atoms with van der Waals surface area (Å²) >= 11 is 0. The number of rotatable bonds is 6. The molecule has 25 heavy (non-hydrogen) atoms. The van der Waals surface area contributed by atoms with Gasteiger partial charge in [-0.2, -0.15) is 0 Å². The van der Waals surface area contributed by atoms with Gasteiger partial charge in [-0.25, -0.2) is 0 Å². The standard InChI is InChI=1S/C22H20N2O/c1-17(14-15-18-8-3-2-4-9-18)23-24-22(25)16-20-12-7-11-19-10-5-6-13-21(19)20/h2-15,23H,1,16H2,(H,24,25). The predicted molar refractivity (Wildman–Crippen MR) is 104 cm³/mol. The minimum Gasteiger partial charge on any atom is -0.299 e. The lowest BCUT2D eigenvalue weighted by Gasteiger charge is -2.10. The van der Waals surface area contributed by atoms with E-state index in [4.69, 9.17) is 0 Å². The highest BCUT2D eigenvalue weighted by Gasteiger charge is 2.06. The first-order valence-corrected chi connectivity index (χ1v) is 8.16. The third-order valence-electron chi connectivity index (χ3n) is 3.87. The van der Waals surface area contributed by atoms with Crippen molar-refractivity contribution in [3.05, 3.63) is 102 Å². The first-order chi connectivity index (χ1) is 12.2. The zero-order chi connectivity index (χ0) is 17.5. The smallest absolute Gasteiger partial charge is 0.242 e. The lowest BCUT2D eigenvalue weighted by Crippen LogP contribution is -2.37. The van der Waals surface area contributed by atoms with Crippen LogP contribution in [-0.2, 0) is 11.2 Å². The van der Waals surface area contributed by atoms with Crippen LogP contribution >= 0.6 is 0 Å². The first-order valence-electron chi connectivity index (χ1n) is 8.16. The van der Waals surface area contributed by atoms with E-state index in [1.54, 1.807) is 0 Å². The molecule has 3 aromatic carbocycles. The van der Waals surface area contributed by atoms with Crippen LogP contribution in [0.1, 0.15) is 11.1 Å². The van der Waals surface area contributed by atoms with E-state index in [0.717, 1.165) is 21.9 Å². The van der Waals surface area contributed by atoms with Crippen molar-refractivity contribution >= 4 is 22.8 Å². The second-order valence-corrected chi connectivity index (χ2v) is 5.76. The van der Waals surface area contributed by atoms with Crippen LogP contribution in [0, 0.1) is 0 Å². The van der Waals surface area contributed by atoms with Crippen molar-refractivity contribution in [2.45, 2.75) is 6.42 Å².